The molecule has 3 heteroatoms. The number of benzene rings is 1. The van der Waals surface area contributed by atoms with E-state index >= 15 is 0 Å². The second-order valence-corrected chi connectivity index (χ2v) is 3.65. The van der Waals surface area contributed by atoms with Gasteiger partial charge in [0.1, 0.15) is 0 Å². The van der Waals surface area contributed by atoms with E-state index < -0.39 is 0 Å². The van der Waals surface area contributed by atoms with Gasteiger partial charge in [-0.2, -0.15) is 0 Å². The lowest BCUT2D eigenvalue weighted by Crippen LogP contribution is -3.00. The third-order valence-corrected chi connectivity index (χ3v) is 2.50. The Balaban J connectivity index is 0.000000845. The Hall–Kier alpha value is -0.410. The highest BCUT2D eigenvalue weighted by Crippen LogP contribution is 2.19. The predicted molar refractivity (Wildman–Crippen MR) is 52.9 cm³/mol. The monoisotopic (exact) mass is 301 g/mol. The SMILES string of the molecule is Cc1cc2ccccc2c(Br)[nH+]1.[Br-]. The van der Waals surface area contributed by atoms with E-state index in [1.54, 1.807) is 0 Å². The number of aryl methyl sites for hydroxylation is 1. The molecule has 2 rings (SSSR count). The van der Waals surface area contributed by atoms with Gasteiger partial charge in [0.25, 0.3) is 4.60 Å². The molecular weight excluding hydrogens is 294 g/mol. The van der Waals surface area contributed by atoms with Gasteiger partial charge in [0.05, 0.1) is 5.39 Å². The van der Waals surface area contributed by atoms with E-state index in [9.17, 15) is 0 Å². The second-order valence-electron chi connectivity index (χ2n) is 2.85. The molecule has 68 valence electrons. The van der Waals surface area contributed by atoms with Crippen LogP contribution in [0.3, 0.4) is 0 Å². The summed E-state index contributed by atoms with van der Waals surface area (Å²) >= 11 is 3.49. The Bertz CT molecular complexity index is 426. The molecule has 0 aliphatic heterocycles. The number of hydrogen-bond donors (Lipinski definition) is 0. The summed E-state index contributed by atoms with van der Waals surface area (Å²) in [5, 5.41) is 2.49. The van der Waals surface area contributed by atoms with Gasteiger partial charge in [0.2, 0.25) is 0 Å². The Labute approximate surface area is 96.1 Å². The number of halogens is 2. The van der Waals surface area contributed by atoms with Crippen molar-refractivity contribution in [1.29, 1.82) is 0 Å². The maximum atomic E-state index is 3.49. The summed E-state index contributed by atoms with van der Waals surface area (Å²) in [5.74, 6) is 0. The minimum Gasteiger partial charge on any atom is -1.00 e. The fourth-order valence-electron chi connectivity index (χ4n) is 1.33. The van der Waals surface area contributed by atoms with Crippen molar-refractivity contribution in [2.24, 2.45) is 0 Å². The van der Waals surface area contributed by atoms with Crippen molar-refractivity contribution in [3.05, 3.63) is 40.6 Å². The molecule has 0 bridgehead atoms. The normalized spacial score (nSPS) is 9.69. The zero-order valence-corrected chi connectivity index (χ0v) is 10.3. The van der Waals surface area contributed by atoms with Crippen molar-refractivity contribution in [2.75, 3.05) is 0 Å². The minimum atomic E-state index is 0. The van der Waals surface area contributed by atoms with Crippen LogP contribution in [0, 0.1) is 6.92 Å². The molecule has 1 heterocycles. The van der Waals surface area contributed by atoms with Crippen LogP contribution in [-0.2, 0) is 0 Å². The summed E-state index contributed by atoms with van der Waals surface area (Å²) < 4.78 is 1.05. The van der Waals surface area contributed by atoms with Crippen molar-refractivity contribution < 1.29 is 22.0 Å². The van der Waals surface area contributed by atoms with Gasteiger partial charge in [-0.1, -0.05) is 18.2 Å². The topological polar surface area (TPSA) is 14.1 Å². The van der Waals surface area contributed by atoms with Gasteiger partial charge in [-0.05, 0) is 11.5 Å². The molecule has 0 amide bonds. The van der Waals surface area contributed by atoms with Crippen LogP contribution < -0.4 is 22.0 Å². The summed E-state index contributed by atoms with van der Waals surface area (Å²) in [4.78, 5) is 3.23. The largest absolute Gasteiger partial charge is 1.00 e. The van der Waals surface area contributed by atoms with E-state index in [1.807, 2.05) is 12.1 Å². The number of hydrogen-bond acceptors (Lipinski definition) is 0. The third-order valence-electron chi connectivity index (χ3n) is 1.88. The highest BCUT2D eigenvalue weighted by atomic mass is 79.9. The lowest BCUT2D eigenvalue weighted by Gasteiger charge is -1.95. The van der Waals surface area contributed by atoms with Crippen LogP contribution in [0.2, 0.25) is 0 Å². The molecule has 0 unspecified atom stereocenters. The number of pyridine rings is 1. The Morgan fingerprint density at radius 3 is 2.69 bits per heavy atom. The first kappa shape index (κ1) is 10.7. The molecule has 1 aromatic carbocycles. The highest BCUT2D eigenvalue weighted by Gasteiger charge is 2.05. The van der Waals surface area contributed by atoms with E-state index in [1.165, 1.54) is 16.5 Å². The summed E-state index contributed by atoms with van der Waals surface area (Å²) in [6.45, 7) is 2.05. The van der Waals surface area contributed by atoms with Crippen molar-refractivity contribution >= 4 is 26.7 Å². The van der Waals surface area contributed by atoms with Crippen molar-refractivity contribution in [1.82, 2.24) is 0 Å². The summed E-state index contributed by atoms with van der Waals surface area (Å²) in [7, 11) is 0. The van der Waals surface area contributed by atoms with Gasteiger partial charge in [-0.25, -0.2) is 4.98 Å². The molecule has 0 aliphatic rings. The zero-order valence-electron chi connectivity index (χ0n) is 7.14. The third kappa shape index (κ3) is 2.09. The Morgan fingerprint density at radius 1 is 1.23 bits per heavy atom. The number of H-pyrrole nitrogens is 1. The van der Waals surface area contributed by atoms with Crippen LogP contribution in [0.15, 0.2) is 34.9 Å². The molecule has 13 heavy (non-hydrogen) atoms. The molecule has 0 aliphatic carbocycles. The van der Waals surface area contributed by atoms with Crippen LogP contribution in [-0.4, -0.2) is 0 Å². The standard InChI is InChI=1S/C10H8BrN.BrH/c1-7-6-8-4-2-3-5-9(8)10(11)12-7;/h2-6H,1H3;1H. The fourth-order valence-corrected chi connectivity index (χ4v) is 2.01. The number of rotatable bonds is 0. The van der Waals surface area contributed by atoms with E-state index in [2.05, 4.69) is 46.0 Å². The molecule has 0 saturated heterocycles. The van der Waals surface area contributed by atoms with Gasteiger partial charge in [0, 0.05) is 28.9 Å². The lowest BCUT2D eigenvalue weighted by atomic mass is 10.1. The van der Waals surface area contributed by atoms with Crippen LogP contribution in [0.1, 0.15) is 5.69 Å². The summed E-state index contributed by atoms with van der Waals surface area (Å²) in [6.07, 6.45) is 0. The molecule has 0 saturated carbocycles. The summed E-state index contributed by atoms with van der Waals surface area (Å²) in [5.41, 5.74) is 1.17. The molecule has 1 aromatic heterocycles. The Morgan fingerprint density at radius 2 is 1.92 bits per heavy atom. The van der Waals surface area contributed by atoms with E-state index in [-0.39, 0.29) is 17.0 Å². The second kappa shape index (κ2) is 4.20. The maximum absolute atomic E-state index is 3.49. The van der Waals surface area contributed by atoms with Crippen molar-refractivity contribution in [3.63, 3.8) is 0 Å². The van der Waals surface area contributed by atoms with Gasteiger partial charge in [-0.15, -0.1) is 0 Å². The number of aromatic nitrogens is 1. The molecule has 0 atom stereocenters. The van der Waals surface area contributed by atoms with Gasteiger partial charge >= 0.3 is 0 Å². The molecule has 0 spiro atoms. The van der Waals surface area contributed by atoms with Crippen LogP contribution in [0.25, 0.3) is 10.8 Å². The molecule has 1 nitrogen and oxygen atoms in total. The first-order valence-electron chi connectivity index (χ1n) is 3.84. The van der Waals surface area contributed by atoms with E-state index in [4.69, 9.17) is 0 Å². The van der Waals surface area contributed by atoms with Crippen LogP contribution in [0.5, 0.6) is 0 Å². The summed E-state index contributed by atoms with van der Waals surface area (Å²) in [6, 6.07) is 10.4. The first-order valence-corrected chi connectivity index (χ1v) is 4.64. The number of nitrogens with one attached hydrogen (secondary N) is 1. The van der Waals surface area contributed by atoms with Crippen molar-refractivity contribution in [2.45, 2.75) is 6.92 Å². The van der Waals surface area contributed by atoms with Gasteiger partial charge < -0.3 is 17.0 Å². The zero-order chi connectivity index (χ0) is 8.55. The van der Waals surface area contributed by atoms with E-state index in [0.29, 0.717) is 0 Å². The highest BCUT2D eigenvalue weighted by molar-refractivity contribution is 9.10. The number of aromatic amines is 1. The first-order chi connectivity index (χ1) is 5.77. The van der Waals surface area contributed by atoms with Crippen LogP contribution >= 0.6 is 15.9 Å². The average molecular weight is 303 g/mol. The van der Waals surface area contributed by atoms with Crippen molar-refractivity contribution in [3.8, 4) is 0 Å². The molecule has 0 fully saturated rings. The molecule has 0 radical (unpaired) electrons. The molecular formula is C10H9Br2N. The van der Waals surface area contributed by atoms with Crippen LogP contribution in [0.4, 0.5) is 0 Å². The molecule has 1 N–H and O–H groups in total. The lowest BCUT2D eigenvalue weighted by molar-refractivity contribution is -0.399. The smallest absolute Gasteiger partial charge is 0.254 e. The minimum absolute atomic E-state index is 0. The predicted octanol–water partition coefficient (Wildman–Crippen LogP) is -0.271. The Kier molecular flexibility index (Phi) is 3.45. The van der Waals surface area contributed by atoms with Gasteiger partial charge in [0.15, 0.2) is 5.69 Å². The maximum Gasteiger partial charge on any atom is 0.254 e. The van der Waals surface area contributed by atoms with Gasteiger partial charge in [-0.3, -0.25) is 0 Å². The number of fused-ring (bicyclic) bond motifs is 1. The van der Waals surface area contributed by atoms with E-state index in [0.717, 1.165) is 4.60 Å². The quantitative estimate of drug-likeness (QED) is 0.595. The fraction of sp³-hybridized carbons (Fsp3) is 0.100. The average Bonchev–Trinajstić information content (AvgIpc) is 2.04. The molecule has 2 aromatic rings.